The van der Waals surface area contributed by atoms with Gasteiger partial charge in [-0.05, 0) is 17.5 Å². The number of hydrogen-bond acceptors (Lipinski definition) is 1. The minimum absolute atomic E-state index is 0.0822. The van der Waals surface area contributed by atoms with E-state index in [1.807, 2.05) is 34.9 Å². The lowest BCUT2D eigenvalue weighted by Gasteiger charge is -2.17. The summed E-state index contributed by atoms with van der Waals surface area (Å²) in [5, 5.41) is 1.12. The summed E-state index contributed by atoms with van der Waals surface area (Å²) in [5.41, 5.74) is 1.11. The first-order chi connectivity index (χ1) is 7.47. The van der Waals surface area contributed by atoms with E-state index in [-0.39, 0.29) is 5.56 Å². The maximum atomic E-state index is 11.9. The maximum Gasteiger partial charge on any atom is 0.250 e. The Balaban J connectivity index is 2.66. The van der Waals surface area contributed by atoms with Crippen molar-refractivity contribution in [2.75, 3.05) is 0 Å². The molecular weight excluding hydrogens is 282 g/mol. The van der Waals surface area contributed by atoms with Gasteiger partial charge < -0.3 is 4.57 Å². The summed E-state index contributed by atoms with van der Waals surface area (Å²) in [6.07, 6.45) is 0.799. The van der Waals surface area contributed by atoms with Crippen LogP contribution in [0.15, 0.2) is 41.2 Å². The van der Waals surface area contributed by atoms with E-state index in [0.717, 1.165) is 17.1 Å². The van der Waals surface area contributed by atoms with Gasteiger partial charge in [-0.3, -0.25) is 4.79 Å². The predicted molar refractivity (Wildman–Crippen MR) is 74.6 cm³/mol. The number of pyridine rings is 1. The van der Waals surface area contributed by atoms with E-state index in [4.69, 9.17) is 0 Å². The molecule has 0 aliphatic heterocycles. The van der Waals surface area contributed by atoms with Crippen molar-refractivity contribution < 1.29 is 0 Å². The van der Waals surface area contributed by atoms with E-state index < -0.39 is 6.69 Å². The molecule has 1 aromatic carbocycles. The van der Waals surface area contributed by atoms with Crippen LogP contribution < -0.4 is 5.56 Å². The third-order valence-corrected chi connectivity index (χ3v) is 4.25. The molecule has 0 unspecified atom stereocenters. The van der Waals surface area contributed by atoms with Crippen LogP contribution in [0.2, 0.25) is 13.1 Å². The van der Waals surface area contributed by atoms with Gasteiger partial charge in [0.2, 0.25) is 0 Å². The van der Waals surface area contributed by atoms with Gasteiger partial charge in [-0.2, -0.15) is 0 Å². The molecule has 0 spiro atoms. The van der Waals surface area contributed by atoms with Crippen LogP contribution in [-0.4, -0.2) is 11.3 Å². The number of nitrogens with zero attached hydrogens (tertiary/aromatic N) is 1. The molecule has 1 heterocycles. The van der Waals surface area contributed by atoms with Gasteiger partial charge in [-0.15, -0.1) is 15.3 Å². The first-order valence-corrected chi connectivity index (χ1v) is 10.7. The van der Waals surface area contributed by atoms with Crippen LogP contribution in [0.3, 0.4) is 0 Å². The first-order valence-electron chi connectivity index (χ1n) is 5.25. The van der Waals surface area contributed by atoms with Crippen molar-refractivity contribution in [3.8, 4) is 0 Å². The Morgan fingerprint density at radius 3 is 2.56 bits per heavy atom. The number of hydrogen-bond donors (Lipinski definition) is 0. The van der Waals surface area contributed by atoms with E-state index in [0.29, 0.717) is 0 Å². The van der Waals surface area contributed by atoms with Crippen molar-refractivity contribution in [1.29, 1.82) is 0 Å². The van der Waals surface area contributed by atoms with Crippen molar-refractivity contribution in [3.63, 3.8) is 0 Å². The second-order valence-corrected chi connectivity index (χ2v) is 14.7. The van der Waals surface area contributed by atoms with Crippen LogP contribution in [0.25, 0.3) is 10.9 Å². The fraction of sp³-hybridized carbons (Fsp3) is 0.250. The standard InChI is InChI=1S/C12H14BrNOSi/c1-16(2,13)9-14-11-6-4-3-5-10(11)7-8-12(14)15/h3-8H,9H2,1-2H3. The monoisotopic (exact) mass is 295 g/mol. The van der Waals surface area contributed by atoms with E-state index in [2.05, 4.69) is 28.4 Å². The Morgan fingerprint density at radius 2 is 1.88 bits per heavy atom. The number of benzene rings is 1. The van der Waals surface area contributed by atoms with Gasteiger partial charge in [0.1, 0.15) is 6.69 Å². The normalized spacial score (nSPS) is 11.9. The van der Waals surface area contributed by atoms with Crippen LogP contribution in [0.5, 0.6) is 0 Å². The van der Waals surface area contributed by atoms with Crippen LogP contribution in [-0.2, 0) is 6.17 Å². The predicted octanol–water partition coefficient (Wildman–Crippen LogP) is 3.14. The average molecular weight is 296 g/mol. The lowest BCUT2D eigenvalue weighted by Crippen LogP contribution is -2.31. The summed E-state index contributed by atoms with van der Waals surface area (Å²) >= 11 is 3.71. The molecule has 0 amide bonds. The Labute approximate surface area is 103 Å². The van der Waals surface area contributed by atoms with E-state index in [1.54, 1.807) is 6.07 Å². The molecule has 84 valence electrons. The van der Waals surface area contributed by atoms with Crippen molar-refractivity contribution in [1.82, 2.24) is 4.57 Å². The molecule has 16 heavy (non-hydrogen) atoms. The molecule has 0 atom stereocenters. The highest BCUT2D eigenvalue weighted by atomic mass is 79.9. The lowest BCUT2D eigenvalue weighted by molar-refractivity contribution is 0.856. The molecule has 2 nitrogen and oxygen atoms in total. The number of aromatic nitrogens is 1. The molecule has 0 saturated carbocycles. The summed E-state index contributed by atoms with van der Waals surface area (Å²) in [4.78, 5) is 11.9. The highest BCUT2D eigenvalue weighted by molar-refractivity contribution is 9.26. The van der Waals surface area contributed by atoms with Crippen molar-refractivity contribution >= 4 is 32.9 Å². The third-order valence-electron chi connectivity index (χ3n) is 2.43. The molecule has 1 aromatic heterocycles. The molecule has 0 aliphatic carbocycles. The zero-order valence-electron chi connectivity index (χ0n) is 9.40. The average Bonchev–Trinajstić information content (AvgIpc) is 2.21. The zero-order valence-corrected chi connectivity index (χ0v) is 12.0. The molecule has 2 rings (SSSR count). The Bertz CT molecular complexity index is 571. The molecule has 0 radical (unpaired) electrons. The SMILES string of the molecule is C[Si](C)(Br)Cn1c(=O)ccc2ccccc21. The molecule has 0 bridgehead atoms. The van der Waals surface area contributed by atoms with E-state index in [9.17, 15) is 4.79 Å². The zero-order chi connectivity index (χ0) is 11.8. The van der Waals surface area contributed by atoms with Crippen molar-refractivity contribution in [2.24, 2.45) is 0 Å². The topological polar surface area (TPSA) is 22.0 Å². The summed E-state index contributed by atoms with van der Waals surface area (Å²) in [6, 6.07) is 11.5. The minimum Gasteiger partial charge on any atom is -0.310 e. The van der Waals surface area contributed by atoms with Gasteiger partial charge in [0.15, 0.2) is 0 Å². The minimum atomic E-state index is -1.47. The molecular formula is C12H14BrNOSi. The Morgan fingerprint density at radius 1 is 1.19 bits per heavy atom. The smallest absolute Gasteiger partial charge is 0.250 e. The molecule has 0 fully saturated rings. The quantitative estimate of drug-likeness (QED) is 0.616. The Kier molecular flexibility index (Phi) is 3.03. The number of para-hydroxylation sites is 1. The molecule has 0 N–H and O–H groups in total. The largest absolute Gasteiger partial charge is 0.310 e. The van der Waals surface area contributed by atoms with Crippen molar-refractivity contribution in [3.05, 3.63) is 46.8 Å². The summed E-state index contributed by atoms with van der Waals surface area (Å²) in [7, 11) is 0. The second-order valence-electron chi connectivity index (χ2n) is 4.54. The molecule has 0 aliphatic rings. The van der Waals surface area contributed by atoms with Gasteiger partial charge in [-0.25, -0.2) is 0 Å². The van der Waals surface area contributed by atoms with Crippen LogP contribution in [0.4, 0.5) is 0 Å². The summed E-state index contributed by atoms with van der Waals surface area (Å²) in [5.74, 6) is 0. The van der Waals surface area contributed by atoms with Gasteiger partial charge >= 0.3 is 0 Å². The summed E-state index contributed by atoms with van der Waals surface area (Å²) < 4.78 is 1.87. The van der Waals surface area contributed by atoms with Gasteiger partial charge in [0.05, 0.1) is 5.52 Å². The van der Waals surface area contributed by atoms with E-state index >= 15 is 0 Å². The van der Waals surface area contributed by atoms with Crippen LogP contribution in [0.1, 0.15) is 0 Å². The summed E-state index contributed by atoms with van der Waals surface area (Å²) in [6.45, 7) is 2.92. The van der Waals surface area contributed by atoms with Crippen LogP contribution in [0, 0.1) is 0 Å². The Hall–Kier alpha value is -0.873. The van der Waals surface area contributed by atoms with E-state index in [1.165, 1.54) is 0 Å². The van der Waals surface area contributed by atoms with Gasteiger partial charge in [0, 0.05) is 12.2 Å². The van der Waals surface area contributed by atoms with Crippen molar-refractivity contribution in [2.45, 2.75) is 19.3 Å². The molecule has 0 saturated heterocycles. The first kappa shape index (κ1) is 11.6. The number of fused-ring (bicyclic) bond motifs is 1. The molecule has 4 heteroatoms. The maximum absolute atomic E-state index is 11.9. The fourth-order valence-corrected chi connectivity index (χ4v) is 3.61. The number of rotatable bonds is 2. The number of halogens is 1. The second kappa shape index (κ2) is 4.18. The van der Waals surface area contributed by atoms with Crippen LogP contribution >= 0.6 is 15.3 Å². The fourth-order valence-electron chi connectivity index (χ4n) is 1.78. The van der Waals surface area contributed by atoms with Gasteiger partial charge in [-0.1, -0.05) is 31.3 Å². The highest BCUT2D eigenvalue weighted by Crippen LogP contribution is 2.17. The lowest BCUT2D eigenvalue weighted by atomic mass is 10.2. The molecule has 2 aromatic rings. The third kappa shape index (κ3) is 2.44. The highest BCUT2D eigenvalue weighted by Gasteiger charge is 2.18. The van der Waals surface area contributed by atoms with Gasteiger partial charge in [0.25, 0.3) is 5.56 Å².